The van der Waals surface area contributed by atoms with Gasteiger partial charge in [-0.3, -0.25) is 4.90 Å². The van der Waals surface area contributed by atoms with Gasteiger partial charge >= 0.3 is 0 Å². The van der Waals surface area contributed by atoms with E-state index in [2.05, 4.69) is 47.5 Å². The molecule has 1 N–H and O–H groups in total. The van der Waals surface area contributed by atoms with Crippen molar-refractivity contribution in [2.24, 2.45) is 0 Å². The number of hydrogen-bond acceptors (Lipinski definition) is 3. The highest BCUT2D eigenvalue weighted by Crippen LogP contribution is 2.18. The fraction of sp³-hybridized carbons (Fsp3) is 0.647. The molecule has 1 fully saturated rings. The Morgan fingerprint density at radius 2 is 2.15 bits per heavy atom. The zero-order chi connectivity index (χ0) is 14.2. The number of rotatable bonds is 8. The zero-order valence-electron chi connectivity index (χ0n) is 12.8. The monoisotopic (exact) mass is 276 g/mol. The van der Waals surface area contributed by atoms with E-state index >= 15 is 0 Å². The van der Waals surface area contributed by atoms with Crippen molar-refractivity contribution in [1.82, 2.24) is 10.2 Å². The van der Waals surface area contributed by atoms with Crippen LogP contribution in [0.3, 0.4) is 0 Å². The van der Waals surface area contributed by atoms with Crippen LogP contribution < -0.4 is 5.32 Å². The molecule has 3 nitrogen and oxygen atoms in total. The van der Waals surface area contributed by atoms with Crippen molar-refractivity contribution in [1.29, 1.82) is 0 Å². The first kappa shape index (κ1) is 15.5. The lowest BCUT2D eigenvalue weighted by Crippen LogP contribution is -2.26. The molecule has 0 aromatic heterocycles. The van der Waals surface area contributed by atoms with Gasteiger partial charge in [-0.25, -0.2) is 0 Å². The second kappa shape index (κ2) is 8.40. The summed E-state index contributed by atoms with van der Waals surface area (Å²) in [6, 6.07) is 10.7. The molecule has 2 atom stereocenters. The van der Waals surface area contributed by atoms with Gasteiger partial charge in [0.25, 0.3) is 0 Å². The van der Waals surface area contributed by atoms with Gasteiger partial charge in [-0.15, -0.1) is 0 Å². The maximum atomic E-state index is 6.16. The molecule has 0 spiro atoms. The molecule has 1 aliphatic rings. The summed E-state index contributed by atoms with van der Waals surface area (Å²) in [6.07, 6.45) is 4.31. The van der Waals surface area contributed by atoms with E-state index < -0.39 is 0 Å². The highest BCUT2D eigenvalue weighted by atomic mass is 16.5. The number of likely N-dealkylation sites (tertiary alicyclic amines) is 1. The Hall–Kier alpha value is -0.900. The van der Waals surface area contributed by atoms with Crippen molar-refractivity contribution < 1.29 is 4.74 Å². The molecule has 2 unspecified atom stereocenters. The van der Waals surface area contributed by atoms with E-state index in [1.807, 2.05) is 7.05 Å². The summed E-state index contributed by atoms with van der Waals surface area (Å²) in [4.78, 5) is 2.50. The Labute approximate surface area is 123 Å². The predicted octanol–water partition coefficient (Wildman–Crippen LogP) is 2.67. The molecule has 112 valence electrons. The van der Waals surface area contributed by atoms with E-state index in [4.69, 9.17) is 4.74 Å². The third-order valence-electron chi connectivity index (χ3n) is 3.94. The van der Waals surface area contributed by atoms with Gasteiger partial charge in [0.15, 0.2) is 0 Å². The molecule has 0 bridgehead atoms. The van der Waals surface area contributed by atoms with E-state index in [1.165, 1.54) is 18.4 Å². The first-order valence-electron chi connectivity index (χ1n) is 7.84. The van der Waals surface area contributed by atoms with Crippen LogP contribution in [-0.2, 0) is 11.3 Å². The average Bonchev–Trinajstić information content (AvgIpc) is 2.87. The number of benzene rings is 1. The second-order valence-electron chi connectivity index (χ2n) is 5.82. The van der Waals surface area contributed by atoms with Crippen molar-refractivity contribution in [3.63, 3.8) is 0 Å². The SMILES string of the molecule is CNCCCC(C)OC1CCN(Cc2ccccc2)C1. The fourth-order valence-corrected chi connectivity index (χ4v) is 2.86. The second-order valence-corrected chi connectivity index (χ2v) is 5.82. The van der Waals surface area contributed by atoms with Gasteiger partial charge in [0.05, 0.1) is 12.2 Å². The average molecular weight is 276 g/mol. The van der Waals surface area contributed by atoms with E-state index in [9.17, 15) is 0 Å². The van der Waals surface area contributed by atoms with Gasteiger partial charge in [-0.1, -0.05) is 30.3 Å². The van der Waals surface area contributed by atoms with Crippen LogP contribution in [0.25, 0.3) is 0 Å². The summed E-state index contributed by atoms with van der Waals surface area (Å²) in [5.74, 6) is 0. The van der Waals surface area contributed by atoms with Crippen molar-refractivity contribution >= 4 is 0 Å². The molecule has 1 heterocycles. The van der Waals surface area contributed by atoms with Gasteiger partial charge < -0.3 is 10.1 Å². The van der Waals surface area contributed by atoms with Crippen LogP contribution in [0.2, 0.25) is 0 Å². The third-order valence-corrected chi connectivity index (χ3v) is 3.94. The molecule has 3 heteroatoms. The molecule has 2 rings (SSSR count). The fourth-order valence-electron chi connectivity index (χ4n) is 2.86. The molecule has 1 saturated heterocycles. The highest BCUT2D eigenvalue weighted by molar-refractivity contribution is 5.14. The Morgan fingerprint density at radius 1 is 1.35 bits per heavy atom. The van der Waals surface area contributed by atoms with Gasteiger partial charge in [0, 0.05) is 19.6 Å². The maximum Gasteiger partial charge on any atom is 0.0717 e. The standard InChI is InChI=1S/C17H28N2O/c1-15(7-6-11-18-2)20-17-10-12-19(14-17)13-16-8-4-3-5-9-16/h3-5,8-9,15,17-18H,6-7,10-14H2,1-2H3. The summed E-state index contributed by atoms with van der Waals surface area (Å²) < 4.78 is 6.16. The molecule has 1 aliphatic heterocycles. The molecule has 1 aromatic rings. The Kier molecular flexibility index (Phi) is 6.51. The number of hydrogen-bond donors (Lipinski definition) is 1. The Balaban J connectivity index is 1.67. The summed E-state index contributed by atoms with van der Waals surface area (Å²) in [5.41, 5.74) is 1.40. The van der Waals surface area contributed by atoms with Gasteiger partial charge in [-0.2, -0.15) is 0 Å². The number of nitrogens with zero attached hydrogens (tertiary/aromatic N) is 1. The minimum Gasteiger partial charge on any atom is -0.374 e. The summed E-state index contributed by atoms with van der Waals surface area (Å²) >= 11 is 0. The number of nitrogens with one attached hydrogen (secondary N) is 1. The molecule has 0 radical (unpaired) electrons. The molecule has 20 heavy (non-hydrogen) atoms. The van der Waals surface area contributed by atoms with E-state index in [-0.39, 0.29) is 0 Å². The first-order chi connectivity index (χ1) is 9.78. The minimum atomic E-state index is 0.380. The van der Waals surface area contributed by atoms with Gasteiger partial charge in [0.2, 0.25) is 0 Å². The summed E-state index contributed by atoms with van der Waals surface area (Å²) in [5, 5.41) is 3.19. The molecular weight excluding hydrogens is 248 g/mol. The van der Waals surface area contributed by atoms with Crippen LogP contribution in [0.1, 0.15) is 31.7 Å². The quantitative estimate of drug-likeness (QED) is 0.739. The number of ether oxygens (including phenoxy) is 1. The van der Waals surface area contributed by atoms with Crippen molar-refractivity contribution in [3.8, 4) is 0 Å². The zero-order valence-corrected chi connectivity index (χ0v) is 12.8. The molecule has 0 amide bonds. The van der Waals surface area contributed by atoms with Crippen LogP contribution in [0, 0.1) is 0 Å². The topological polar surface area (TPSA) is 24.5 Å². The van der Waals surface area contributed by atoms with Crippen LogP contribution in [-0.4, -0.2) is 43.8 Å². The minimum absolute atomic E-state index is 0.380. The van der Waals surface area contributed by atoms with Crippen LogP contribution in [0.15, 0.2) is 30.3 Å². The Bertz CT molecular complexity index is 369. The molecule has 0 saturated carbocycles. The van der Waals surface area contributed by atoms with Crippen LogP contribution in [0.5, 0.6) is 0 Å². The lowest BCUT2D eigenvalue weighted by Gasteiger charge is -2.20. The van der Waals surface area contributed by atoms with Gasteiger partial charge in [-0.05, 0) is 45.3 Å². The lowest BCUT2D eigenvalue weighted by molar-refractivity contribution is -0.00123. The summed E-state index contributed by atoms with van der Waals surface area (Å²) in [7, 11) is 2.00. The molecular formula is C17H28N2O. The van der Waals surface area contributed by atoms with E-state index in [1.54, 1.807) is 0 Å². The third kappa shape index (κ3) is 5.23. The lowest BCUT2D eigenvalue weighted by atomic mass is 10.2. The first-order valence-corrected chi connectivity index (χ1v) is 7.84. The van der Waals surface area contributed by atoms with E-state index in [0.717, 1.165) is 32.6 Å². The smallest absolute Gasteiger partial charge is 0.0717 e. The van der Waals surface area contributed by atoms with Crippen molar-refractivity contribution in [3.05, 3.63) is 35.9 Å². The van der Waals surface area contributed by atoms with Crippen molar-refractivity contribution in [2.75, 3.05) is 26.7 Å². The summed E-state index contributed by atoms with van der Waals surface area (Å²) in [6.45, 7) is 6.57. The maximum absolute atomic E-state index is 6.16. The molecule has 1 aromatic carbocycles. The van der Waals surface area contributed by atoms with E-state index in [0.29, 0.717) is 12.2 Å². The predicted molar refractivity (Wildman–Crippen MR) is 83.8 cm³/mol. The van der Waals surface area contributed by atoms with Crippen molar-refractivity contribution in [2.45, 2.75) is 44.9 Å². The largest absolute Gasteiger partial charge is 0.374 e. The molecule has 0 aliphatic carbocycles. The Morgan fingerprint density at radius 3 is 2.90 bits per heavy atom. The normalized spacial score (nSPS) is 21.2. The van der Waals surface area contributed by atoms with Crippen LogP contribution in [0.4, 0.5) is 0 Å². The highest BCUT2D eigenvalue weighted by Gasteiger charge is 2.24. The van der Waals surface area contributed by atoms with Gasteiger partial charge in [0.1, 0.15) is 0 Å². The van der Waals surface area contributed by atoms with Crippen LogP contribution >= 0.6 is 0 Å².